The van der Waals surface area contributed by atoms with E-state index in [1.165, 1.54) is 35.2 Å². The van der Waals surface area contributed by atoms with Gasteiger partial charge in [0.05, 0.1) is 10.7 Å². The summed E-state index contributed by atoms with van der Waals surface area (Å²) in [7, 11) is 0. The number of hydrogen-bond acceptors (Lipinski definition) is 8. The number of rotatable bonds is 7. The molecule has 1 N–H and O–H groups in total. The highest BCUT2D eigenvalue weighted by Gasteiger charge is 2.16. The van der Waals surface area contributed by atoms with E-state index in [2.05, 4.69) is 20.5 Å². The third-order valence-corrected chi connectivity index (χ3v) is 5.36. The summed E-state index contributed by atoms with van der Waals surface area (Å²) in [6, 6.07) is 6.14. The number of hydrogen-bond donors (Lipinski definition) is 1. The standard InChI is InChI=1S/C16H16N6O3S2/c1-3-21-14(11-4-6-12(7-5-11)22(24)25)19-20-16(21)26-9-13(23)18-15-17-8-10(2)27-15/h4-8H,3,9H2,1-2H3,(H,17,18,23). The van der Waals surface area contributed by atoms with Gasteiger partial charge in [0.2, 0.25) is 5.91 Å². The van der Waals surface area contributed by atoms with E-state index in [0.717, 1.165) is 10.4 Å². The number of nitrogens with one attached hydrogen (secondary N) is 1. The molecule has 0 saturated heterocycles. The van der Waals surface area contributed by atoms with Crippen LogP contribution >= 0.6 is 23.1 Å². The van der Waals surface area contributed by atoms with E-state index in [0.29, 0.717) is 22.7 Å². The molecule has 0 unspecified atom stereocenters. The molecule has 0 aliphatic carbocycles. The van der Waals surface area contributed by atoms with Gasteiger partial charge >= 0.3 is 0 Å². The first-order chi connectivity index (χ1) is 13.0. The number of non-ortho nitro benzene ring substituents is 1. The molecule has 0 saturated carbocycles. The molecule has 11 heteroatoms. The molecule has 1 aromatic carbocycles. The maximum Gasteiger partial charge on any atom is 0.269 e. The van der Waals surface area contributed by atoms with E-state index in [4.69, 9.17) is 0 Å². The average molecular weight is 404 g/mol. The molecule has 0 atom stereocenters. The molecule has 140 valence electrons. The van der Waals surface area contributed by atoms with Crippen LogP contribution < -0.4 is 5.32 Å². The number of thiazole rings is 1. The Labute approximate surface area is 163 Å². The molecule has 2 aromatic heterocycles. The number of nitro benzene ring substituents is 1. The summed E-state index contributed by atoms with van der Waals surface area (Å²) in [5, 5.41) is 23.0. The number of nitro groups is 1. The van der Waals surface area contributed by atoms with Gasteiger partial charge in [-0.25, -0.2) is 4.98 Å². The summed E-state index contributed by atoms with van der Waals surface area (Å²) in [4.78, 5) is 27.6. The van der Waals surface area contributed by atoms with Crippen LogP contribution in [0.4, 0.5) is 10.8 Å². The lowest BCUT2D eigenvalue weighted by molar-refractivity contribution is -0.384. The summed E-state index contributed by atoms with van der Waals surface area (Å²) in [5.41, 5.74) is 0.745. The van der Waals surface area contributed by atoms with Crippen LogP contribution in [0, 0.1) is 17.0 Å². The molecule has 3 aromatic rings. The van der Waals surface area contributed by atoms with Gasteiger partial charge in [0.1, 0.15) is 0 Å². The Balaban J connectivity index is 1.70. The van der Waals surface area contributed by atoms with Crippen molar-refractivity contribution in [3.05, 3.63) is 45.5 Å². The number of aromatic nitrogens is 4. The minimum atomic E-state index is -0.446. The van der Waals surface area contributed by atoms with Gasteiger partial charge in [0.15, 0.2) is 16.1 Å². The summed E-state index contributed by atoms with van der Waals surface area (Å²) in [6.45, 7) is 4.47. The Morgan fingerprint density at radius 3 is 2.67 bits per heavy atom. The van der Waals surface area contributed by atoms with Gasteiger partial charge in [-0.3, -0.25) is 14.9 Å². The van der Waals surface area contributed by atoms with Crippen molar-refractivity contribution in [2.24, 2.45) is 0 Å². The summed E-state index contributed by atoms with van der Waals surface area (Å²) >= 11 is 2.69. The fourth-order valence-corrected chi connectivity index (χ4v) is 3.81. The molecule has 9 nitrogen and oxygen atoms in total. The van der Waals surface area contributed by atoms with Crippen molar-refractivity contribution in [3.8, 4) is 11.4 Å². The van der Waals surface area contributed by atoms with E-state index < -0.39 is 4.92 Å². The SMILES string of the molecule is CCn1c(SCC(=O)Nc2ncc(C)s2)nnc1-c1ccc([N+](=O)[O-])cc1. The third kappa shape index (κ3) is 4.49. The predicted octanol–water partition coefficient (Wildman–Crippen LogP) is 3.37. The van der Waals surface area contributed by atoms with Crippen molar-refractivity contribution in [2.75, 3.05) is 11.1 Å². The number of thioether (sulfide) groups is 1. The van der Waals surface area contributed by atoms with Crippen molar-refractivity contribution >= 4 is 39.8 Å². The zero-order valence-electron chi connectivity index (χ0n) is 14.6. The number of nitrogens with zero attached hydrogens (tertiary/aromatic N) is 5. The molecule has 2 heterocycles. The third-order valence-electron chi connectivity index (χ3n) is 3.57. The van der Waals surface area contributed by atoms with Gasteiger partial charge in [0, 0.05) is 35.3 Å². The molecular formula is C16H16N6O3S2. The van der Waals surface area contributed by atoms with Crippen molar-refractivity contribution < 1.29 is 9.72 Å². The Hall–Kier alpha value is -2.79. The highest BCUT2D eigenvalue weighted by Crippen LogP contribution is 2.26. The zero-order chi connectivity index (χ0) is 19.4. The molecule has 0 radical (unpaired) electrons. The normalized spacial score (nSPS) is 10.7. The number of amides is 1. The molecule has 3 rings (SSSR count). The Morgan fingerprint density at radius 2 is 2.07 bits per heavy atom. The molecule has 0 aliphatic rings. The fourth-order valence-electron chi connectivity index (χ4n) is 2.32. The first kappa shape index (κ1) is 19.0. The molecule has 27 heavy (non-hydrogen) atoms. The van der Waals surface area contributed by atoms with Gasteiger partial charge in [-0.05, 0) is 26.0 Å². The Kier molecular flexibility index (Phi) is 5.81. The number of carbonyl (C=O) groups is 1. The van der Waals surface area contributed by atoms with Crippen molar-refractivity contribution in [2.45, 2.75) is 25.5 Å². The first-order valence-electron chi connectivity index (χ1n) is 8.01. The van der Waals surface area contributed by atoms with E-state index in [1.54, 1.807) is 18.3 Å². The zero-order valence-corrected chi connectivity index (χ0v) is 16.2. The monoisotopic (exact) mass is 404 g/mol. The van der Waals surface area contributed by atoms with Crippen LogP contribution in [0.2, 0.25) is 0 Å². The minimum absolute atomic E-state index is 0.0185. The summed E-state index contributed by atoms with van der Waals surface area (Å²) in [6.07, 6.45) is 1.71. The fraction of sp³-hybridized carbons (Fsp3) is 0.250. The Morgan fingerprint density at radius 1 is 1.33 bits per heavy atom. The van der Waals surface area contributed by atoms with E-state index in [1.807, 2.05) is 18.4 Å². The second kappa shape index (κ2) is 8.27. The second-order valence-corrected chi connectivity index (χ2v) is 7.64. The predicted molar refractivity (Wildman–Crippen MR) is 104 cm³/mol. The molecule has 0 spiro atoms. The van der Waals surface area contributed by atoms with E-state index >= 15 is 0 Å². The highest BCUT2D eigenvalue weighted by atomic mass is 32.2. The van der Waals surface area contributed by atoms with Gasteiger partial charge in [0.25, 0.3) is 5.69 Å². The van der Waals surface area contributed by atoms with E-state index in [-0.39, 0.29) is 17.3 Å². The molecule has 0 fully saturated rings. The maximum absolute atomic E-state index is 12.1. The number of anilines is 1. The van der Waals surface area contributed by atoms with Gasteiger partial charge in [-0.2, -0.15) is 0 Å². The maximum atomic E-state index is 12.1. The highest BCUT2D eigenvalue weighted by molar-refractivity contribution is 7.99. The van der Waals surface area contributed by atoms with Crippen molar-refractivity contribution in [1.29, 1.82) is 0 Å². The lowest BCUT2D eigenvalue weighted by Gasteiger charge is -2.07. The van der Waals surface area contributed by atoms with E-state index in [9.17, 15) is 14.9 Å². The number of benzene rings is 1. The smallest absolute Gasteiger partial charge is 0.269 e. The van der Waals surface area contributed by atoms with Crippen LogP contribution in [0.5, 0.6) is 0 Å². The Bertz CT molecular complexity index is 967. The van der Waals surface area contributed by atoms with Crippen LogP contribution in [0.25, 0.3) is 11.4 Å². The lowest BCUT2D eigenvalue weighted by Crippen LogP contribution is -2.14. The quantitative estimate of drug-likeness (QED) is 0.364. The number of aryl methyl sites for hydroxylation is 1. The van der Waals surface area contributed by atoms with Gasteiger partial charge in [-0.15, -0.1) is 21.5 Å². The second-order valence-electron chi connectivity index (χ2n) is 5.47. The molecule has 1 amide bonds. The summed E-state index contributed by atoms with van der Waals surface area (Å²) in [5.74, 6) is 0.611. The van der Waals surface area contributed by atoms with Crippen LogP contribution in [0.3, 0.4) is 0 Å². The van der Waals surface area contributed by atoms with Gasteiger partial charge < -0.3 is 9.88 Å². The topological polar surface area (TPSA) is 116 Å². The van der Waals surface area contributed by atoms with Gasteiger partial charge in [-0.1, -0.05) is 11.8 Å². The molecular weight excluding hydrogens is 388 g/mol. The van der Waals surface area contributed by atoms with Crippen LogP contribution in [-0.2, 0) is 11.3 Å². The molecule has 0 aliphatic heterocycles. The number of carbonyl (C=O) groups excluding carboxylic acids is 1. The molecule has 0 bridgehead atoms. The van der Waals surface area contributed by atoms with Crippen LogP contribution in [-0.4, -0.2) is 36.3 Å². The lowest BCUT2D eigenvalue weighted by atomic mass is 10.2. The largest absolute Gasteiger partial charge is 0.302 e. The van der Waals surface area contributed by atoms with Crippen LogP contribution in [0.1, 0.15) is 11.8 Å². The van der Waals surface area contributed by atoms with Crippen molar-refractivity contribution in [3.63, 3.8) is 0 Å². The minimum Gasteiger partial charge on any atom is -0.302 e. The van der Waals surface area contributed by atoms with Crippen LogP contribution in [0.15, 0.2) is 35.6 Å². The summed E-state index contributed by atoms with van der Waals surface area (Å²) < 4.78 is 1.87. The first-order valence-corrected chi connectivity index (χ1v) is 9.81. The average Bonchev–Trinajstić information content (AvgIpc) is 3.25. The van der Waals surface area contributed by atoms with Crippen molar-refractivity contribution in [1.82, 2.24) is 19.7 Å².